The van der Waals surface area contributed by atoms with Crippen LogP contribution in [-0.2, 0) is 11.3 Å². The molecular weight excluding hydrogens is 386 g/mol. The summed E-state index contributed by atoms with van der Waals surface area (Å²) in [5, 5.41) is 5.34. The summed E-state index contributed by atoms with van der Waals surface area (Å²) in [7, 11) is 3.12. The Balaban J connectivity index is 1.77. The molecule has 0 aliphatic carbocycles. The molecule has 0 N–H and O–H groups in total. The third-order valence-electron chi connectivity index (χ3n) is 4.98. The van der Waals surface area contributed by atoms with Crippen molar-refractivity contribution in [1.82, 2.24) is 9.78 Å². The van der Waals surface area contributed by atoms with Gasteiger partial charge in [0.2, 0.25) is 5.91 Å². The molecule has 2 aromatic heterocycles. The highest BCUT2D eigenvalue weighted by Gasteiger charge is 2.21. The molecule has 0 aliphatic rings. The molecule has 4 aromatic rings. The summed E-state index contributed by atoms with van der Waals surface area (Å²) in [5.41, 5.74) is 1.14. The fraction of sp³-hybridized carbons (Fsp3) is 0.227. The van der Waals surface area contributed by atoms with Crippen LogP contribution >= 0.6 is 0 Å². The van der Waals surface area contributed by atoms with Crippen LogP contribution in [0.5, 0.6) is 11.5 Å². The molecule has 154 valence electrons. The molecule has 0 saturated heterocycles. The molecule has 8 heteroatoms. The van der Waals surface area contributed by atoms with Crippen molar-refractivity contribution in [2.75, 3.05) is 25.7 Å². The van der Waals surface area contributed by atoms with E-state index in [2.05, 4.69) is 5.10 Å². The summed E-state index contributed by atoms with van der Waals surface area (Å²) in [6, 6.07) is 12.5. The molecule has 2 aromatic carbocycles. The molecule has 8 nitrogen and oxygen atoms in total. The van der Waals surface area contributed by atoms with Crippen LogP contribution in [0.15, 0.2) is 57.9 Å². The molecule has 0 aliphatic heterocycles. The minimum Gasteiger partial charge on any atom is -0.497 e. The van der Waals surface area contributed by atoms with Gasteiger partial charge in [0.25, 0.3) is 0 Å². The minimum absolute atomic E-state index is 0.0504. The van der Waals surface area contributed by atoms with Crippen molar-refractivity contribution in [2.45, 2.75) is 13.5 Å². The first kappa shape index (κ1) is 19.5. The first-order chi connectivity index (χ1) is 14.6. The molecule has 0 fully saturated rings. The molecule has 2 heterocycles. The van der Waals surface area contributed by atoms with Gasteiger partial charge in [-0.1, -0.05) is 12.1 Å². The van der Waals surface area contributed by atoms with E-state index < -0.39 is 5.63 Å². The number of rotatable bonds is 6. The maximum absolute atomic E-state index is 13.2. The number of anilines is 1. The van der Waals surface area contributed by atoms with Crippen LogP contribution in [0.2, 0.25) is 0 Å². The average Bonchev–Trinajstić information content (AvgIpc) is 3.19. The lowest BCUT2D eigenvalue weighted by atomic mass is 10.2. The zero-order valence-corrected chi connectivity index (χ0v) is 16.9. The van der Waals surface area contributed by atoms with E-state index in [-0.39, 0.29) is 12.5 Å². The van der Waals surface area contributed by atoms with Gasteiger partial charge in [-0.2, -0.15) is 5.10 Å². The first-order valence-electron chi connectivity index (χ1n) is 9.47. The van der Waals surface area contributed by atoms with Crippen LogP contribution < -0.4 is 20.0 Å². The van der Waals surface area contributed by atoms with E-state index >= 15 is 0 Å². The largest absolute Gasteiger partial charge is 0.497 e. The Kier molecular flexibility index (Phi) is 5.14. The van der Waals surface area contributed by atoms with E-state index in [9.17, 15) is 9.59 Å². The lowest BCUT2D eigenvalue weighted by molar-refractivity contribution is -0.119. The Morgan fingerprint density at radius 3 is 2.67 bits per heavy atom. The summed E-state index contributed by atoms with van der Waals surface area (Å²) in [4.78, 5) is 27.2. The van der Waals surface area contributed by atoms with Gasteiger partial charge >= 0.3 is 5.63 Å². The second-order valence-corrected chi connectivity index (χ2v) is 6.63. The number of hydrogen-bond acceptors (Lipinski definition) is 6. The quantitative estimate of drug-likeness (QED) is 0.456. The number of nitrogens with zero attached hydrogens (tertiary/aromatic N) is 3. The smallest absolute Gasteiger partial charge is 0.347 e. The van der Waals surface area contributed by atoms with E-state index in [1.165, 1.54) is 10.9 Å². The lowest BCUT2D eigenvalue weighted by Gasteiger charge is -2.24. The topological polar surface area (TPSA) is 86.8 Å². The van der Waals surface area contributed by atoms with Crippen LogP contribution in [0.4, 0.5) is 5.69 Å². The maximum atomic E-state index is 13.2. The van der Waals surface area contributed by atoms with Crippen LogP contribution in [-0.4, -0.2) is 36.5 Å². The number of carbonyl (C=O) groups is 1. The lowest BCUT2D eigenvalue weighted by Crippen LogP contribution is -2.34. The van der Waals surface area contributed by atoms with Crippen molar-refractivity contribution in [3.63, 3.8) is 0 Å². The van der Waals surface area contributed by atoms with Gasteiger partial charge in [-0.3, -0.25) is 9.48 Å². The number of hydrogen-bond donors (Lipinski definition) is 0. The summed E-state index contributed by atoms with van der Waals surface area (Å²) >= 11 is 0. The summed E-state index contributed by atoms with van der Waals surface area (Å²) in [6.45, 7) is 2.25. The monoisotopic (exact) mass is 407 g/mol. The van der Waals surface area contributed by atoms with Crippen molar-refractivity contribution < 1.29 is 18.7 Å². The fourth-order valence-electron chi connectivity index (χ4n) is 3.55. The van der Waals surface area contributed by atoms with Crippen LogP contribution in [0.1, 0.15) is 6.92 Å². The molecule has 0 atom stereocenters. The Hall–Kier alpha value is -3.81. The van der Waals surface area contributed by atoms with E-state index in [1.807, 2.05) is 19.1 Å². The van der Waals surface area contributed by atoms with Gasteiger partial charge in [0.1, 0.15) is 29.0 Å². The van der Waals surface area contributed by atoms with Crippen molar-refractivity contribution in [3.8, 4) is 11.5 Å². The van der Waals surface area contributed by atoms with Crippen LogP contribution in [0.3, 0.4) is 0 Å². The highest BCUT2D eigenvalue weighted by molar-refractivity contribution is 6.03. The highest BCUT2D eigenvalue weighted by Crippen LogP contribution is 2.32. The van der Waals surface area contributed by atoms with E-state index in [1.54, 1.807) is 49.5 Å². The number of likely N-dealkylation sites (N-methyl/N-ethyl adjacent to an activating group) is 1. The molecule has 0 radical (unpaired) electrons. The highest BCUT2D eigenvalue weighted by atomic mass is 16.5. The predicted molar refractivity (Wildman–Crippen MR) is 113 cm³/mol. The third-order valence-corrected chi connectivity index (χ3v) is 4.98. The van der Waals surface area contributed by atoms with Gasteiger partial charge in [0.05, 0.1) is 31.6 Å². The van der Waals surface area contributed by atoms with Gasteiger partial charge in [-0.25, -0.2) is 4.79 Å². The molecule has 1 amide bonds. The van der Waals surface area contributed by atoms with Crippen LogP contribution in [0, 0.1) is 0 Å². The van der Waals surface area contributed by atoms with Crippen molar-refractivity contribution in [3.05, 3.63) is 59.1 Å². The Labute approximate surface area is 172 Å². The Morgan fingerprint density at radius 2 is 1.93 bits per heavy atom. The van der Waals surface area contributed by atoms with E-state index in [4.69, 9.17) is 13.9 Å². The Bertz CT molecular complexity index is 1290. The predicted octanol–water partition coefficient (Wildman–Crippen LogP) is 3.21. The number of aromatic nitrogens is 2. The van der Waals surface area contributed by atoms with Crippen molar-refractivity contribution in [1.29, 1.82) is 0 Å². The number of methoxy groups -OCH3 is 2. The van der Waals surface area contributed by atoms with E-state index in [0.717, 1.165) is 5.39 Å². The van der Waals surface area contributed by atoms with Gasteiger partial charge in [0, 0.05) is 18.0 Å². The average molecular weight is 407 g/mol. The third kappa shape index (κ3) is 3.26. The number of para-hydroxylation sites is 1. The molecule has 4 rings (SSSR count). The molecule has 0 spiro atoms. The van der Waals surface area contributed by atoms with Gasteiger partial charge in [-0.15, -0.1) is 0 Å². The van der Waals surface area contributed by atoms with E-state index in [0.29, 0.717) is 40.2 Å². The second kappa shape index (κ2) is 7.90. The van der Waals surface area contributed by atoms with Gasteiger partial charge in [-0.05, 0) is 31.2 Å². The van der Waals surface area contributed by atoms with Crippen molar-refractivity contribution in [2.24, 2.45) is 0 Å². The molecule has 0 unspecified atom stereocenters. The number of carbonyl (C=O) groups excluding carboxylic acids is 1. The normalized spacial score (nSPS) is 11.0. The molecular formula is C22H21N3O5. The minimum atomic E-state index is -0.482. The fourth-order valence-corrected chi connectivity index (χ4v) is 3.55. The molecule has 30 heavy (non-hydrogen) atoms. The van der Waals surface area contributed by atoms with Gasteiger partial charge in [0.15, 0.2) is 0 Å². The molecule has 0 saturated carbocycles. The van der Waals surface area contributed by atoms with Gasteiger partial charge < -0.3 is 18.8 Å². The second-order valence-electron chi connectivity index (χ2n) is 6.63. The standard InChI is InChI=1S/C22H21N3O5/c1-4-24(17-11-14(28-2)9-10-19(17)29-3)20(26)13-25-21-15-7-5-6-8-18(15)30-22(27)16(21)12-23-25/h5-12H,4,13H2,1-3H3. The number of fused-ring (bicyclic) bond motifs is 3. The zero-order chi connectivity index (χ0) is 21.3. The molecule has 0 bridgehead atoms. The van der Waals surface area contributed by atoms with Crippen molar-refractivity contribution >= 4 is 33.5 Å². The summed E-state index contributed by atoms with van der Waals surface area (Å²) < 4.78 is 17.6. The SMILES string of the molecule is CCN(C(=O)Cn1ncc2c(=O)oc3ccccc3c21)c1cc(OC)ccc1OC. The Morgan fingerprint density at radius 1 is 1.13 bits per heavy atom. The summed E-state index contributed by atoms with van der Waals surface area (Å²) in [5.74, 6) is 0.971. The number of benzene rings is 2. The maximum Gasteiger partial charge on any atom is 0.347 e. The summed E-state index contributed by atoms with van der Waals surface area (Å²) in [6.07, 6.45) is 1.43. The first-order valence-corrected chi connectivity index (χ1v) is 9.47. The van der Waals surface area contributed by atoms with Crippen LogP contribution in [0.25, 0.3) is 21.9 Å². The zero-order valence-electron chi connectivity index (χ0n) is 16.9. The number of amides is 1. The number of ether oxygens (including phenoxy) is 2.